The van der Waals surface area contributed by atoms with Crippen LogP contribution in [-0.2, 0) is 6.61 Å². The minimum atomic E-state index is 0.212. The Kier molecular flexibility index (Phi) is 2.61. The molecule has 0 aliphatic heterocycles. The van der Waals surface area contributed by atoms with Crippen LogP contribution in [-0.4, -0.2) is 10.1 Å². The van der Waals surface area contributed by atoms with E-state index in [0.29, 0.717) is 29.1 Å². The Balaban J connectivity index is 1.81. The Morgan fingerprint density at radius 3 is 2.94 bits per heavy atom. The number of aromatic nitrogens is 1. The maximum absolute atomic E-state index is 9.66. The first kappa shape index (κ1) is 10.7. The third kappa shape index (κ3) is 2.00. The number of phenols is 1. The summed E-state index contributed by atoms with van der Waals surface area (Å²) in [6, 6.07) is 10.6. The molecule has 3 aromatic rings. The first-order valence-electron chi connectivity index (χ1n) is 5.56. The van der Waals surface area contributed by atoms with Crippen LogP contribution in [0.2, 0.25) is 0 Å². The lowest BCUT2D eigenvalue weighted by atomic mass is 10.2. The van der Waals surface area contributed by atoms with Crippen LogP contribution in [0.3, 0.4) is 0 Å². The van der Waals surface area contributed by atoms with Gasteiger partial charge in [-0.25, -0.2) is 0 Å². The third-order valence-electron chi connectivity index (χ3n) is 2.60. The summed E-state index contributed by atoms with van der Waals surface area (Å²) in [5, 5.41) is 10.4. The lowest BCUT2D eigenvalue weighted by molar-refractivity contribution is 0.273. The van der Waals surface area contributed by atoms with E-state index in [1.54, 1.807) is 36.7 Å². The zero-order chi connectivity index (χ0) is 12.4. The number of fused-ring (bicyclic) bond motifs is 1. The molecule has 0 bridgehead atoms. The van der Waals surface area contributed by atoms with Crippen molar-refractivity contribution in [1.29, 1.82) is 0 Å². The summed E-state index contributed by atoms with van der Waals surface area (Å²) < 4.78 is 11.1. The number of ether oxygens (including phenoxy) is 1. The van der Waals surface area contributed by atoms with Gasteiger partial charge in [-0.2, -0.15) is 0 Å². The van der Waals surface area contributed by atoms with Crippen LogP contribution in [0.25, 0.3) is 11.0 Å². The van der Waals surface area contributed by atoms with Crippen LogP contribution in [0.15, 0.2) is 53.2 Å². The van der Waals surface area contributed by atoms with Crippen LogP contribution < -0.4 is 4.74 Å². The molecule has 0 fully saturated rings. The highest BCUT2D eigenvalue weighted by Gasteiger charge is 2.07. The molecule has 0 aliphatic rings. The molecule has 0 spiro atoms. The van der Waals surface area contributed by atoms with Gasteiger partial charge in [0, 0.05) is 6.20 Å². The van der Waals surface area contributed by atoms with Crippen molar-refractivity contribution in [1.82, 2.24) is 4.98 Å². The number of furan rings is 1. The fourth-order valence-corrected chi connectivity index (χ4v) is 1.76. The SMILES string of the molecule is Oc1cccc2oc(COc3cccnc3)cc12. The van der Waals surface area contributed by atoms with Crippen LogP contribution >= 0.6 is 0 Å². The minimum absolute atomic E-state index is 0.212. The van der Waals surface area contributed by atoms with Gasteiger partial charge in [0.15, 0.2) is 0 Å². The fraction of sp³-hybridized carbons (Fsp3) is 0.0714. The number of pyridine rings is 1. The van der Waals surface area contributed by atoms with Crippen LogP contribution in [0.5, 0.6) is 11.5 Å². The van der Waals surface area contributed by atoms with Crippen molar-refractivity contribution in [2.24, 2.45) is 0 Å². The molecule has 0 saturated carbocycles. The van der Waals surface area contributed by atoms with Gasteiger partial charge in [-0.15, -0.1) is 0 Å². The van der Waals surface area contributed by atoms with E-state index in [1.807, 2.05) is 12.1 Å². The summed E-state index contributed by atoms with van der Waals surface area (Å²) in [4.78, 5) is 3.96. The molecular weight excluding hydrogens is 230 g/mol. The van der Waals surface area contributed by atoms with Gasteiger partial charge in [-0.1, -0.05) is 6.07 Å². The normalized spacial score (nSPS) is 10.7. The first-order chi connectivity index (χ1) is 8.83. The highest BCUT2D eigenvalue weighted by atomic mass is 16.5. The summed E-state index contributed by atoms with van der Waals surface area (Å²) in [7, 11) is 0. The molecule has 1 N–H and O–H groups in total. The molecule has 18 heavy (non-hydrogen) atoms. The summed E-state index contributed by atoms with van der Waals surface area (Å²) in [5.41, 5.74) is 0.653. The van der Waals surface area contributed by atoms with E-state index in [0.717, 1.165) is 0 Å². The number of phenolic OH excluding ortho intramolecular Hbond substituents is 1. The molecule has 1 aromatic carbocycles. The van der Waals surface area contributed by atoms with Crippen molar-refractivity contribution in [2.45, 2.75) is 6.61 Å². The van der Waals surface area contributed by atoms with Crippen molar-refractivity contribution in [3.8, 4) is 11.5 Å². The van der Waals surface area contributed by atoms with Crippen molar-refractivity contribution in [2.75, 3.05) is 0 Å². The Hall–Kier alpha value is -2.49. The molecule has 4 nitrogen and oxygen atoms in total. The molecule has 3 rings (SSSR count). The second-order valence-electron chi connectivity index (χ2n) is 3.88. The van der Waals surface area contributed by atoms with E-state index in [-0.39, 0.29) is 5.75 Å². The fourth-order valence-electron chi connectivity index (χ4n) is 1.76. The minimum Gasteiger partial charge on any atom is -0.507 e. The van der Waals surface area contributed by atoms with Gasteiger partial charge in [0.25, 0.3) is 0 Å². The van der Waals surface area contributed by atoms with Gasteiger partial charge in [0.2, 0.25) is 0 Å². The van der Waals surface area contributed by atoms with Gasteiger partial charge >= 0.3 is 0 Å². The predicted molar refractivity (Wildman–Crippen MR) is 66.4 cm³/mol. The smallest absolute Gasteiger partial charge is 0.146 e. The van der Waals surface area contributed by atoms with E-state index in [9.17, 15) is 5.11 Å². The van der Waals surface area contributed by atoms with E-state index in [2.05, 4.69) is 4.98 Å². The molecule has 90 valence electrons. The highest BCUT2D eigenvalue weighted by Crippen LogP contribution is 2.27. The second-order valence-corrected chi connectivity index (χ2v) is 3.88. The first-order valence-corrected chi connectivity index (χ1v) is 5.56. The molecule has 4 heteroatoms. The average molecular weight is 241 g/mol. The van der Waals surface area contributed by atoms with E-state index >= 15 is 0 Å². The van der Waals surface area contributed by atoms with Gasteiger partial charge in [-0.3, -0.25) is 4.98 Å². The zero-order valence-electron chi connectivity index (χ0n) is 9.54. The highest BCUT2D eigenvalue weighted by molar-refractivity contribution is 5.84. The predicted octanol–water partition coefficient (Wildman–Crippen LogP) is 3.11. The number of aromatic hydroxyl groups is 1. The number of hydrogen-bond donors (Lipinski definition) is 1. The van der Waals surface area contributed by atoms with Gasteiger partial charge < -0.3 is 14.3 Å². The maximum atomic E-state index is 9.66. The van der Waals surface area contributed by atoms with Crippen LogP contribution in [0.1, 0.15) is 5.76 Å². The third-order valence-corrected chi connectivity index (χ3v) is 2.60. The quantitative estimate of drug-likeness (QED) is 0.765. The Bertz CT molecular complexity index is 661. The maximum Gasteiger partial charge on any atom is 0.146 e. The van der Waals surface area contributed by atoms with Crippen LogP contribution in [0.4, 0.5) is 0 Å². The van der Waals surface area contributed by atoms with Crippen molar-refractivity contribution in [3.63, 3.8) is 0 Å². The number of nitrogens with zero attached hydrogens (tertiary/aromatic N) is 1. The van der Waals surface area contributed by atoms with Crippen molar-refractivity contribution >= 4 is 11.0 Å². The van der Waals surface area contributed by atoms with Gasteiger partial charge in [0.05, 0.1) is 11.6 Å². The lowest BCUT2D eigenvalue weighted by Crippen LogP contribution is -1.93. The van der Waals surface area contributed by atoms with Gasteiger partial charge in [-0.05, 0) is 30.3 Å². The Morgan fingerprint density at radius 2 is 2.17 bits per heavy atom. The molecule has 2 aromatic heterocycles. The molecular formula is C14H11NO3. The summed E-state index contributed by atoms with van der Waals surface area (Å²) >= 11 is 0. The molecule has 0 radical (unpaired) electrons. The second kappa shape index (κ2) is 4.41. The average Bonchev–Trinajstić information content (AvgIpc) is 2.82. The topological polar surface area (TPSA) is 55.5 Å². The summed E-state index contributed by atoms with van der Waals surface area (Å²) in [5.74, 6) is 1.56. The lowest BCUT2D eigenvalue weighted by Gasteiger charge is -2.01. The zero-order valence-corrected chi connectivity index (χ0v) is 9.54. The van der Waals surface area contributed by atoms with Crippen molar-refractivity contribution < 1.29 is 14.3 Å². The molecule has 0 atom stereocenters. The largest absolute Gasteiger partial charge is 0.507 e. The van der Waals surface area contributed by atoms with E-state index in [4.69, 9.17) is 9.15 Å². The standard InChI is InChI=1S/C14H11NO3/c16-13-4-1-5-14-12(13)7-11(18-14)9-17-10-3-2-6-15-8-10/h1-8,16H,9H2. The summed E-state index contributed by atoms with van der Waals surface area (Å²) in [6.07, 6.45) is 3.33. The molecule has 0 saturated heterocycles. The van der Waals surface area contributed by atoms with E-state index in [1.165, 1.54) is 0 Å². The molecule has 0 amide bonds. The number of rotatable bonds is 3. The Labute approximate surface area is 103 Å². The summed E-state index contributed by atoms with van der Waals surface area (Å²) in [6.45, 7) is 0.305. The molecule has 0 unspecified atom stereocenters. The number of hydrogen-bond acceptors (Lipinski definition) is 4. The van der Waals surface area contributed by atoms with Crippen LogP contribution in [0, 0.1) is 0 Å². The van der Waals surface area contributed by atoms with Gasteiger partial charge in [0.1, 0.15) is 29.4 Å². The molecule has 0 aliphatic carbocycles. The molecule has 2 heterocycles. The van der Waals surface area contributed by atoms with Crippen molar-refractivity contribution in [3.05, 3.63) is 54.6 Å². The Morgan fingerprint density at radius 1 is 1.22 bits per heavy atom. The monoisotopic (exact) mass is 241 g/mol. The number of benzene rings is 1. The van der Waals surface area contributed by atoms with E-state index < -0.39 is 0 Å².